The van der Waals surface area contributed by atoms with Gasteiger partial charge in [-0.15, -0.1) is 0 Å². The minimum absolute atomic E-state index is 0.157. The number of hydrogen-bond acceptors (Lipinski definition) is 4. The van der Waals surface area contributed by atoms with Gasteiger partial charge in [-0.2, -0.15) is 0 Å². The average molecular weight is 376 g/mol. The molecule has 0 radical (unpaired) electrons. The Kier molecular flexibility index (Phi) is 6.96. The lowest BCUT2D eigenvalue weighted by molar-refractivity contribution is -0.155. The van der Waals surface area contributed by atoms with Gasteiger partial charge in [-0.3, -0.25) is 9.59 Å². The molecule has 1 aliphatic heterocycles. The van der Waals surface area contributed by atoms with Crippen LogP contribution in [0.1, 0.15) is 32.3 Å². The molecule has 0 aliphatic carbocycles. The Bertz CT molecular complexity index is 676. The molecule has 7 nitrogen and oxygen atoms in total. The van der Waals surface area contributed by atoms with Gasteiger partial charge in [0.15, 0.2) is 0 Å². The van der Waals surface area contributed by atoms with Crippen LogP contribution in [0.25, 0.3) is 0 Å². The van der Waals surface area contributed by atoms with Crippen molar-refractivity contribution in [1.82, 2.24) is 9.80 Å². The number of aliphatic carboxylic acids is 1. The number of carbonyl (C=O) groups excluding carboxylic acids is 2. The summed E-state index contributed by atoms with van der Waals surface area (Å²) < 4.78 is 0. The summed E-state index contributed by atoms with van der Waals surface area (Å²) in [7, 11) is 1.49. The molecule has 7 heteroatoms. The highest BCUT2D eigenvalue weighted by Crippen LogP contribution is 2.23. The Morgan fingerprint density at radius 3 is 2.41 bits per heavy atom. The summed E-state index contributed by atoms with van der Waals surface area (Å²) >= 11 is 0. The molecule has 3 atom stereocenters. The molecule has 2 rings (SSSR count). The summed E-state index contributed by atoms with van der Waals surface area (Å²) in [5, 5.41) is 19.7. The molecule has 1 aromatic carbocycles. The third-order valence-electron chi connectivity index (χ3n) is 5.03. The number of likely N-dealkylation sites (N-methyl/N-ethyl adjacent to an activating group) is 1. The van der Waals surface area contributed by atoms with E-state index < -0.39 is 30.1 Å². The maximum Gasteiger partial charge on any atom is 0.326 e. The number of carboxylic acids is 1. The van der Waals surface area contributed by atoms with Crippen molar-refractivity contribution in [3.8, 4) is 0 Å². The van der Waals surface area contributed by atoms with Gasteiger partial charge in [-0.25, -0.2) is 4.79 Å². The maximum absolute atomic E-state index is 13.0. The topological polar surface area (TPSA) is 98.2 Å². The first-order chi connectivity index (χ1) is 12.7. The van der Waals surface area contributed by atoms with Gasteiger partial charge in [-0.05, 0) is 24.3 Å². The van der Waals surface area contributed by atoms with Crippen molar-refractivity contribution in [2.24, 2.45) is 5.92 Å². The van der Waals surface area contributed by atoms with E-state index in [2.05, 4.69) is 0 Å². The summed E-state index contributed by atoms with van der Waals surface area (Å²) in [6.45, 7) is 3.98. The number of aliphatic hydroxyl groups excluding tert-OH is 1. The Hall–Kier alpha value is -2.41. The van der Waals surface area contributed by atoms with E-state index in [1.165, 1.54) is 16.8 Å². The first kappa shape index (κ1) is 20.9. The highest BCUT2D eigenvalue weighted by molar-refractivity contribution is 5.92. The molecule has 1 aromatic rings. The number of amides is 2. The van der Waals surface area contributed by atoms with Gasteiger partial charge in [0.2, 0.25) is 5.91 Å². The minimum Gasteiger partial charge on any atom is -0.480 e. The van der Waals surface area contributed by atoms with Crippen LogP contribution in [0.2, 0.25) is 0 Å². The summed E-state index contributed by atoms with van der Waals surface area (Å²) in [6.07, 6.45) is -0.0627. The van der Waals surface area contributed by atoms with Crippen molar-refractivity contribution in [1.29, 1.82) is 0 Å². The monoisotopic (exact) mass is 376 g/mol. The molecule has 2 amide bonds. The first-order valence-corrected chi connectivity index (χ1v) is 9.26. The van der Waals surface area contributed by atoms with Crippen LogP contribution in [-0.2, 0) is 20.8 Å². The number of rotatable bonds is 7. The lowest BCUT2D eigenvalue weighted by Crippen LogP contribution is -2.56. The van der Waals surface area contributed by atoms with Crippen LogP contribution >= 0.6 is 0 Å². The van der Waals surface area contributed by atoms with Gasteiger partial charge in [0.25, 0.3) is 5.91 Å². The number of carboxylic acid groups (broad SMARTS) is 1. The summed E-state index contributed by atoms with van der Waals surface area (Å²) in [5.74, 6) is -2.17. The molecule has 27 heavy (non-hydrogen) atoms. The molecule has 0 unspecified atom stereocenters. The molecule has 1 aliphatic rings. The molecule has 0 bridgehead atoms. The van der Waals surface area contributed by atoms with Crippen LogP contribution < -0.4 is 0 Å². The molecule has 2 N–H and O–H groups in total. The number of benzene rings is 1. The quantitative estimate of drug-likeness (QED) is 0.744. The zero-order chi connectivity index (χ0) is 20.1. The molecule has 0 aromatic heterocycles. The summed E-state index contributed by atoms with van der Waals surface area (Å²) in [5.41, 5.74) is 0.824. The molecular formula is C20H28N2O5. The van der Waals surface area contributed by atoms with E-state index in [-0.39, 0.29) is 18.2 Å². The number of nitrogens with zero attached hydrogens (tertiary/aromatic N) is 2. The van der Waals surface area contributed by atoms with Crippen LogP contribution in [0.5, 0.6) is 0 Å². The van der Waals surface area contributed by atoms with Crippen LogP contribution in [0.3, 0.4) is 0 Å². The van der Waals surface area contributed by atoms with Crippen LogP contribution in [0, 0.1) is 5.92 Å². The normalized spacial score (nSPS) is 19.0. The van der Waals surface area contributed by atoms with Crippen molar-refractivity contribution in [2.75, 3.05) is 13.6 Å². The van der Waals surface area contributed by atoms with Gasteiger partial charge in [0.05, 0.1) is 0 Å². The Balaban J connectivity index is 2.13. The lowest BCUT2D eigenvalue weighted by Gasteiger charge is -2.35. The standard InChI is InChI=1S/C20H28N2O5/c1-13(2)17(19(25)22-11-7-10-15(22)20(26)27)21(3)18(24)16(23)12-14-8-5-4-6-9-14/h4-6,8-9,13,15-17,23H,7,10-12H2,1-3H3,(H,26,27)/t15-,16-,17+/m1/s1. The Morgan fingerprint density at radius 1 is 1.22 bits per heavy atom. The van der Waals surface area contributed by atoms with Crippen molar-refractivity contribution in [3.05, 3.63) is 35.9 Å². The largest absolute Gasteiger partial charge is 0.480 e. The highest BCUT2D eigenvalue weighted by atomic mass is 16.4. The van der Waals surface area contributed by atoms with E-state index in [1.54, 1.807) is 0 Å². The van der Waals surface area contributed by atoms with Crippen LogP contribution in [0.4, 0.5) is 0 Å². The second-order valence-electron chi connectivity index (χ2n) is 7.37. The first-order valence-electron chi connectivity index (χ1n) is 9.26. The second-order valence-corrected chi connectivity index (χ2v) is 7.37. The van der Waals surface area contributed by atoms with E-state index in [0.29, 0.717) is 19.4 Å². The van der Waals surface area contributed by atoms with E-state index in [0.717, 1.165) is 5.56 Å². The summed E-state index contributed by atoms with van der Waals surface area (Å²) in [4.78, 5) is 39.8. The molecule has 0 spiro atoms. The van der Waals surface area contributed by atoms with Gasteiger partial charge in [-0.1, -0.05) is 44.2 Å². The van der Waals surface area contributed by atoms with E-state index in [4.69, 9.17) is 0 Å². The predicted octanol–water partition coefficient (Wildman–Crippen LogP) is 1.15. The zero-order valence-electron chi connectivity index (χ0n) is 16.0. The van der Waals surface area contributed by atoms with Gasteiger partial charge in [0, 0.05) is 20.0 Å². The number of likely N-dealkylation sites (tertiary alicyclic amines) is 1. The number of aliphatic hydroxyl groups is 1. The van der Waals surface area contributed by atoms with E-state index >= 15 is 0 Å². The predicted molar refractivity (Wildman–Crippen MR) is 99.9 cm³/mol. The second kappa shape index (κ2) is 8.99. The molecule has 148 valence electrons. The van der Waals surface area contributed by atoms with Crippen molar-refractivity contribution >= 4 is 17.8 Å². The zero-order valence-corrected chi connectivity index (χ0v) is 16.0. The number of carbonyl (C=O) groups is 3. The Morgan fingerprint density at radius 2 is 1.85 bits per heavy atom. The molecular weight excluding hydrogens is 348 g/mol. The van der Waals surface area contributed by atoms with Crippen molar-refractivity contribution in [3.63, 3.8) is 0 Å². The van der Waals surface area contributed by atoms with Crippen LogP contribution in [0.15, 0.2) is 30.3 Å². The lowest BCUT2D eigenvalue weighted by atomic mass is 9.99. The van der Waals surface area contributed by atoms with E-state index in [9.17, 15) is 24.6 Å². The van der Waals surface area contributed by atoms with Gasteiger partial charge in [0.1, 0.15) is 18.2 Å². The van der Waals surface area contributed by atoms with Crippen molar-refractivity contribution in [2.45, 2.75) is 51.3 Å². The third-order valence-corrected chi connectivity index (χ3v) is 5.03. The van der Waals surface area contributed by atoms with Gasteiger partial charge >= 0.3 is 5.97 Å². The molecule has 1 saturated heterocycles. The number of hydrogen-bond donors (Lipinski definition) is 2. The smallest absolute Gasteiger partial charge is 0.326 e. The maximum atomic E-state index is 13.0. The van der Waals surface area contributed by atoms with Crippen LogP contribution in [-0.4, -0.2) is 69.6 Å². The fraction of sp³-hybridized carbons (Fsp3) is 0.550. The molecule has 1 heterocycles. The average Bonchev–Trinajstić information content (AvgIpc) is 3.11. The molecule has 1 fully saturated rings. The van der Waals surface area contributed by atoms with Gasteiger partial charge < -0.3 is 20.0 Å². The van der Waals surface area contributed by atoms with E-state index in [1.807, 2.05) is 44.2 Å². The fourth-order valence-electron chi connectivity index (χ4n) is 3.65. The highest BCUT2D eigenvalue weighted by Gasteiger charge is 2.41. The summed E-state index contributed by atoms with van der Waals surface area (Å²) in [6, 6.07) is 7.49. The SMILES string of the molecule is CC(C)[C@@H](C(=O)N1CCC[C@@H]1C(=O)O)N(C)C(=O)[C@H](O)Cc1ccccc1. The fourth-order valence-corrected chi connectivity index (χ4v) is 3.65. The third kappa shape index (κ3) is 4.86. The Labute approximate surface area is 159 Å². The van der Waals surface area contributed by atoms with Crippen molar-refractivity contribution < 1.29 is 24.6 Å². The minimum atomic E-state index is -1.26. The molecule has 0 saturated carbocycles.